The molecule has 2 heteroatoms. The molecule has 112 valence electrons. The maximum atomic E-state index is 4.40. The summed E-state index contributed by atoms with van der Waals surface area (Å²) in [5, 5.41) is 3.78. The lowest BCUT2D eigenvalue weighted by atomic mass is 9.72. The van der Waals surface area contributed by atoms with E-state index in [0.29, 0.717) is 6.04 Å². The molecule has 20 heavy (non-hydrogen) atoms. The second-order valence-electron chi connectivity index (χ2n) is 6.76. The van der Waals surface area contributed by atoms with Crippen LogP contribution >= 0.6 is 0 Å². The quantitative estimate of drug-likeness (QED) is 0.855. The topological polar surface area (TPSA) is 24.9 Å². The molecule has 4 unspecified atom stereocenters. The van der Waals surface area contributed by atoms with Gasteiger partial charge in [-0.05, 0) is 61.6 Å². The Kier molecular flexibility index (Phi) is 5.59. The highest BCUT2D eigenvalue weighted by Gasteiger charge is 2.30. The van der Waals surface area contributed by atoms with E-state index in [-0.39, 0.29) is 0 Å². The van der Waals surface area contributed by atoms with Crippen LogP contribution in [0.3, 0.4) is 0 Å². The van der Waals surface area contributed by atoms with Gasteiger partial charge in [0.25, 0.3) is 0 Å². The van der Waals surface area contributed by atoms with Gasteiger partial charge in [-0.15, -0.1) is 0 Å². The minimum atomic E-state index is 0.484. The first-order chi connectivity index (χ1) is 9.61. The van der Waals surface area contributed by atoms with Gasteiger partial charge in [-0.3, -0.25) is 4.98 Å². The van der Waals surface area contributed by atoms with Crippen molar-refractivity contribution in [3.63, 3.8) is 0 Å². The van der Waals surface area contributed by atoms with Gasteiger partial charge in [-0.25, -0.2) is 0 Å². The van der Waals surface area contributed by atoms with E-state index in [1.165, 1.54) is 36.8 Å². The van der Waals surface area contributed by atoms with Crippen LogP contribution < -0.4 is 5.32 Å². The van der Waals surface area contributed by atoms with E-state index < -0.39 is 0 Å². The lowest BCUT2D eigenvalue weighted by Crippen LogP contribution is -2.33. The SMILES string of the molecule is CCCNC(c1cncc(C)c1)C1CCC(C)C(C)C1. The van der Waals surface area contributed by atoms with Crippen LogP contribution in [0.1, 0.15) is 63.6 Å². The number of nitrogens with zero attached hydrogens (tertiary/aromatic N) is 1. The van der Waals surface area contributed by atoms with E-state index >= 15 is 0 Å². The van der Waals surface area contributed by atoms with Gasteiger partial charge in [-0.1, -0.05) is 33.3 Å². The Morgan fingerprint density at radius 2 is 2.05 bits per heavy atom. The highest BCUT2D eigenvalue weighted by atomic mass is 14.9. The second-order valence-corrected chi connectivity index (χ2v) is 6.76. The number of pyridine rings is 1. The number of hydrogen-bond acceptors (Lipinski definition) is 2. The van der Waals surface area contributed by atoms with Gasteiger partial charge in [0.2, 0.25) is 0 Å². The Labute approximate surface area is 124 Å². The fraction of sp³-hybridized carbons (Fsp3) is 0.722. The summed E-state index contributed by atoms with van der Waals surface area (Å²) >= 11 is 0. The number of hydrogen-bond donors (Lipinski definition) is 1. The minimum Gasteiger partial charge on any atom is -0.310 e. The Hall–Kier alpha value is -0.890. The van der Waals surface area contributed by atoms with Gasteiger partial charge in [0.1, 0.15) is 0 Å². The number of aromatic nitrogens is 1. The van der Waals surface area contributed by atoms with Crippen molar-refractivity contribution in [2.24, 2.45) is 17.8 Å². The van der Waals surface area contributed by atoms with Gasteiger partial charge in [0, 0.05) is 18.4 Å². The number of rotatable bonds is 5. The van der Waals surface area contributed by atoms with Crippen LogP contribution in [0.2, 0.25) is 0 Å². The van der Waals surface area contributed by atoms with Crippen LogP contribution in [0.25, 0.3) is 0 Å². The van der Waals surface area contributed by atoms with E-state index in [0.717, 1.165) is 24.3 Å². The van der Waals surface area contributed by atoms with Gasteiger partial charge in [-0.2, -0.15) is 0 Å². The molecule has 0 radical (unpaired) electrons. The third-order valence-corrected chi connectivity index (χ3v) is 4.98. The molecule has 1 aliphatic carbocycles. The molecular formula is C18H30N2. The zero-order valence-electron chi connectivity index (χ0n) is 13.5. The molecule has 1 aromatic rings. The summed E-state index contributed by atoms with van der Waals surface area (Å²) < 4.78 is 0. The largest absolute Gasteiger partial charge is 0.310 e. The first-order valence-corrected chi connectivity index (χ1v) is 8.26. The predicted molar refractivity (Wildman–Crippen MR) is 85.7 cm³/mol. The smallest absolute Gasteiger partial charge is 0.0364 e. The molecule has 0 aromatic carbocycles. The molecule has 4 atom stereocenters. The Morgan fingerprint density at radius 1 is 1.25 bits per heavy atom. The maximum absolute atomic E-state index is 4.40. The van der Waals surface area contributed by atoms with Crippen LogP contribution in [0.15, 0.2) is 18.5 Å². The molecule has 0 saturated heterocycles. The Balaban J connectivity index is 2.15. The first kappa shape index (κ1) is 15.5. The fourth-order valence-corrected chi connectivity index (χ4v) is 3.50. The van der Waals surface area contributed by atoms with Gasteiger partial charge in [0.05, 0.1) is 0 Å². The van der Waals surface area contributed by atoms with Gasteiger partial charge in [0.15, 0.2) is 0 Å². The van der Waals surface area contributed by atoms with Crippen LogP contribution in [0.4, 0.5) is 0 Å². The molecule has 1 heterocycles. The van der Waals surface area contributed by atoms with Crippen molar-refractivity contribution in [2.75, 3.05) is 6.54 Å². The summed E-state index contributed by atoms with van der Waals surface area (Å²) in [6.45, 7) is 10.3. The normalized spacial score (nSPS) is 28.3. The third kappa shape index (κ3) is 3.82. The highest BCUT2D eigenvalue weighted by molar-refractivity contribution is 5.21. The van der Waals surface area contributed by atoms with Crippen LogP contribution in [0.5, 0.6) is 0 Å². The van der Waals surface area contributed by atoms with E-state index in [4.69, 9.17) is 0 Å². The molecule has 1 N–H and O–H groups in total. The Morgan fingerprint density at radius 3 is 2.70 bits per heavy atom. The van der Waals surface area contributed by atoms with Crippen molar-refractivity contribution in [1.29, 1.82) is 0 Å². The molecule has 0 aliphatic heterocycles. The zero-order valence-corrected chi connectivity index (χ0v) is 13.5. The summed E-state index contributed by atoms with van der Waals surface area (Å²) in [5.41, 5.74) is 2.65. The highest BCUT2D eigenvalue weighted by Crippen LogP contribution is 2.39. The lowest BCUT2D eigenvalue weighted by molar-refractivity contribution is 0.171. The van der Waals surface area contributed by atoms with E-state index in [2.05, 4.69) is 50.3 Å². The molecule has 2 rings (SSSR count). The predicted octanol–water partition coefficient (Wildman–Crippen LogP) is 4.50. The number of aryl methyl sites for hydroxylation is 1. The van der Waals surface area contributed by atoms with E-state index in [1.54, 1.807) is 0 Å². The average Bonchev–Trinajstić information content (AvgIpc) is 2.43. The van der Waals surface area contributed by atoms with E-state index in [9.17, 15) is 0 Å². The van der Waals surface area contributed by atoms with Gasteiger partial charge < -0.3 is 5.32 Å². The summed E-state index contributed by atoms with van der Waals surface area (Å²) in [5.74, 6) is 2.49. The first-order valence-electron chi connectivity index (χ1n) is 8.26. The molecule has 1 aromatic heterocycles. The van der Waals surface area contributed by atoms with E-state index in [1.807, 2.05) is 6.20 Å². The molecule has 1 fully saturated rings. The molecule has 0 amide bonds. The third-order valence-electron chi connectivity index (χ3n) is 4.98. The molecular weight excluding hydrogens is 244 g/mol. The van der Waals surface area contributed by atoms with Gasteiger partial charge >= 0.3 is 0 Å². The van der Waals surface area contributed by atoms with Crippen LogP contribution in [-0.2, 0) is 0 Å². The van der Waals surface area contributed by atoms with Crippen molar-refractivity contribution in [1.82, 2.24) is 10.3 Å². The summed E-state index contributed by atoms with van der Waals surface area (Å²) in [7, 11) is 0. The van der Waals surface area contributed by atoms with Crippen molar-refractivity contribution in [3.8, 4) is 0 Å². The van der Waals surface area contributed by atoms with Crippen molar-refractivity contribution in [2.45, 2.75) is 59.4 Å². The monoisotopic (exact) mass is 274 g/mol. The Bertz CT molecular complexity index is 416. The second kappa shape index (κ2) is 7.21. The molecule has 1 saturated carbocycles. The lowest BCUT2D eigenvalue weighted by Gasteiger charge is -2.37. The zero-order chi connectivity index (χ0) is 14.5. The average molecular weight is 274 g/mol. The summed E-state index contributed by atoms with van der Waals surface area (Å²) in [6.07, 6.45) is 9.26. The number of nitrogens with one attached hydrogen (secondary N) is 1. The van der Waals surface area contributed by atoms with Crippen molar-refractivity contribution < 1.29 is 0 Å². The maximum Gasteiger partial charge on any atom is 0.0364 e. The van der Waals surface area contributed by atoms with Crippen LogP contribution in [0, 0.1) is 24.7 Å². The fourth-order valence-electron chi connectivity index (χ4n) is 3.50. The molecule has 0 bridgehead atoms. The van der Waals surface area contributed by atoms with Crippen LogP contribution in [-0.4, -0.2) is 11.5 Å². The molecule has 1 aliphatic rings. The summed E-state index contributed by atoms with van der Waals surface area (Å²) in [6, 6.07) is 2.79. The minimum absolute atomic E-state index is 0.484. The summed E-state index contributed by atoms with van der Waals surface area (Å²) in [4.78, 5) is 4.40. The molecule has 2 nitrogen and oxygen atoms in total. The van der Waals surface area contributed by atoms with Crippen molar-refractivity contribution in [3.05, 3.63) is 29.6 Å². The molecule has 0 spiro atoms. The standard InChI is InChI=1S/C18H30N2/c1-5-8-20-18(17-9-13(2)11-19-12-17)16-7-6-14(3)15(4)10-16/h9,11-12,14-16,18,20H,5-8,10H2,1-4H3. The van der Waals surface area contributed by atoms with Crippen molar-refractivity contribution >= 4 is 0 Å².